The Morgan fingerprint density at radius 1 is 1.67 bits per heavy atom. The molecule has 0 radical (unpaired) electrons. The number of amides is 1. The van der Waals surface area contributed by atoms with Crippen molar-refractivity contribution in [2.75, 3.05) is 27.3 Å². The Labute approximate surface area is 74.0 Å². The van der Waals surface area contributed by atoms with Gasteiger partial charge in [-0.2, -0.15) is 0 Å². The maximum Gasteiger partial charge on any atom is 0.248 e. The van der Waals surface area contributed by atoms with Crippen LogP contribution < -0.4 is 0 Å². The molecule has 0 unspecified atom stereocenters. The molecule has 0 aromatic carbocycles. The minimum atomic E-state index is 0.0292. The Morgan fingerprint density at radius 3 is 2.83 bits per heavy atom. The van der Waals surface area contributed by atoms with Crippen LogP contribution in [0.25, 0.3) is 0 Å². The summed E-state index contributed by atoms with van der Waals surface area (Å²) in [6.07, 6.45) is 3.77. The highest BCUT2D eigenvalue weighted by Gasteiger charge is 2.05. The van der Waals surface area contributed by atoms with Crippen molar-refractivity contribution >= 4 is 5.91 Å². The largest absolute Gasteiger partial charge is 0.375 e. The van der Waals surface area contributed by atoms with Crippen LogP contribution in [0, 0.1) is 0 Å². The summed E-state index contributed by atoms with van der Waals surface area (Å²) < 4.78 is 4.72. The van der Waals surface area contributed by atoms with Crippen molar-refractivity contribution in [3.05, 3.63) is 12.7 Å². The predicted molar refractivity (Wildman–Crippen MR) is 48.9 cm³/mol. The molecule has 0 heterocycles. The van der Waals surface area contributed by atoms with Crippen LogP contribution in [0.1, 0.15) is 12.8 Å². The first-order chi connectivity index (χ1) is 5.72. The molecule has 70 valence electrons. The van der Waals surface area contributed by atoms with E-state index in [-0.39, 0.29) is 12.5 Å². The van der Waals surface area contributed by atoms with E-state index >= 15 is 0 Å². The van der Waals surface area contributed by atoms with Crippen LogP contribution in [0.15, 0.2) is 12.7 Å². The molecule has 0 aromatic rings. The van der Waals surface area contributed by atoms with Crippen LogP contribution in [0.5, 0.6) is 0 Å². The second-order valence-electron chi connectivity index (χ2n) is 2.68. The number of methoxy groups -OCH3 is 1. The molecule has 1 amide bonds. The fourth-order valence-corrected chi connectivity index (χ4v) is 0.831. The summed E-state index contributed by atoms with van der Waals surface area (Å²) in [5.74, 6) is 0.0292. The summed E-state index contributed by atoms with van der Waals surface area (Å²) in [6, 6.07) is 0. The molecule has 12 heavy (non-hydrogen) atoms. The minimum Gasteiger partial charge on any atom is -0.375 e. The van der Waals surface area contributed by atoms with Crippen molar-refractivity contribution in [1.29, 1.82) is 0 Å². The Kier molecular flexibility index (Phi) is 6.38. The van der Waals surface area contributed by atoms with Crippen LogP contribution in [0.2, 0.25) is 0 Å². The fourth-order valence-electron chi connectivity index (χ4n) is 0.831. The Hall–Kier alpha value is -0.830. The lowest BCUT2D eigenvalue weighted by Crippen LogP contribution is -2.30. The smallest absolute Gasteiger partial charge is 0.248 e. The molecule has 0 spiro atoms. The number of carbonyl (C=O) groups is 1. The third-order valence-electron chi connectivity index (χ3n) is 1.60. The van der Waals surface area contributed by atoms with Gasteiger partial charge in [0.1, 0.15) is 6.61 Å². The van der Waals surface area contributed by atoms with Gasteiger partial charge in [0, 0.05) is 20.7 Å². The van der Waals surface area contributed by atoms with Crippen LogP contribution in [0.4, 0.5) is 0 Å². The molecule has 0 aliphatic carbocycles. The third kappa shape index (κ3) is 4.91. The number of unbranched alkanes of at least 4 members (excludes halogenated alkanes) is 1. The first-order valence-electron chi connectivity index (χ1n) is 4.06. The van der Waals surface area contributed by atoms with Gasteiger partial charge in [-0.1, -0.05) is 6.08 Å². The van der Waals surface area contributed by atoms with Crippen LogP contribution in [-0.2, 0) is 9.53 Å². The van der Waals surface area contributed by atoms with Crippen molar-refractivity contribution < 1.29 is 9.53 Å². The number of likely N-dealkylation sites (N-methyl/N-ethyl adjacent to an activating group) is 1. The lowest BCUT2D eigenvalue weighted by molar-refractivity contribution is -0.133. The maximum absolute atomic E-state index is 11.1. The van der Waals surface area contributed by atoms with E-state index in [1.165, 1.54) is 7.11 Å². The van der Waals surface area contributed by atoms with Crippen LogP contribution in [0.3, 0.4) is 0 Å². The molecule has 0 atom stereocenters. The van der Waals surface area contributed by atoms with Gasteiger partial charge >= 0.3 is 0 Å². The molecule has 0 N–H and O–H groups in total. The number of nitrogens with zero attached hydrogens (tertiary/aromatic N) is 1. The number of rotatable bonds is 6. The molecule has 3 heteroatoms. The first-order valence-corrected chi connectivity index (χ1v) is 4.06. The van der Waals surface area contributed by atoms with E-state index < -0.39 is 0 Å². The summed E-state index contributed by atoms with van der Waals surface area (Å²) in [5.41, 5.74) is 0. The lowest BCUT2D eigenvalue weighted by atomic mass is 10.3. The zero-order valence-corrected chi connectivity index (χ0v) is 7.88. The normalized spacial score (nSPS) is 9.50. The van der Waals surface area contributed by atoms with Gasteiger partial charge < -0.3 is 9.64 Å². The van der Waals surface area contributed by atoms with Gasteiger partial charge in [0.15, 0.2) is 0 Å². The molecule has 0 rings (SSSR count). The zero-order chi connectivity index (χ0) is 9.40. The zero-order valence-electron chi connectivity index (χ0n) is 7.88. The van der Waals surface area contributed by atoms with Gasteiger partial charge in [0.05, 0.1) is 0 Å². The van der Waals surface area contributed by atoms with Crippen molar-refractivity contribution in [1.82, 2.24) is 4.90 Å². The minimum absolute atomic E-state index is 0.0292. The van der Waals surface area contributed by atoms with E-state index in [1.807, 2.05) is 6.08 Å². The number of ether oxygens (including phenoxy) is 1. The molecule has 0 bridgehead atoms. The van der Waals surface area contributed by atoms with Gasteiger partial charge in [0.2, 0.25) is 5.91 Å². The van der Waals surface area contributed by atoms with Gasteiger partial charge in [-0.3, -0.25) is 4.79 Å². The van der Waals surface area contributed by atoms with Crippen LogP contribution in [-0.4, -0.2) is 38.1 Å². The lowest BCUT2D eigenvalue weighted by Gasteiger charge is -2.15. The van der Waals surface area contributed by atoms with Crippen molar-refractivity contribution in [3.63, 3.8) is 0 Å². The monoisotopic (exact) mass is 171 g/mol. The van der Waals surface area contributed by atoms with E-state index in [9.17, 15) is 4.79 Å². The van der Waals surface area contributed by atoms with E-state index in [0.717, 1.165) is 19.4 Å². The van der Waals surface area contributed by atoms with E-state index in [2.05, 4.69) is 6.58 Å². The predicted octanol–water partition coefficient (Wildman–Crippen LogP) is 1.06. The summed E-state index contributed by atoms with van der Waals surface area (Å²) in [5, 5.41) is 0. The number of carbonyl (C=O) groups excluding carboxylic acids is 1. The number of hydrogen-bond acceptors (Lipinski definition) is 2. The van der Waals surface area contributed by atoms with E-state index in [0.29, 0.717) is 0 Å². The average molecular weight is 171 g/mol. The molecular weight excluding hydrogens is 154 g/mol. The quantitative estimate of drug-likeness (QED) is 0.441. The summed E-state index contributed by atoms with van der Waals surface area (Å²) >= 11 is 0. The van der Waals surface area contributed by atoms with Crippen molar-refractivity contribution in [3.8, 4) is 0 Å². The molecule has 0 aromatic heterocycles. The third-order valence-corrected chi connectivity index (χ3v) is 1.60. The standard InChI is InChI=1S/C9H17NO2/c1-4-5-6-7-10(2)9(11)8-12-3/h4H,1,5-8H2,2-3H3. The second-order valence-corrected chi connectivity index (χ2v) is 2.68. The van der Waals surface area contributed by atoms with Crippen molar-refractivity contribution in [2.24, 2.45) is 0 Å². The van der Waals surface area contributed by atoms with Gasteiger partial charge in [-0.15, -0.1) is 6.58 Å². The highest BCUT2D eigenvalue weighted by molar-refractivity contribution is 5.77. The van der Waals surface area contributed by atoms with Gasteiger partial charge in [0.25, 0.3) is 0 Å². The number of allylic oxidation sites excluding steroid dienone is 1. The first kappa shape index (κ1) is 11.2. The molecular formula is C9H17NO2. The second kappa shape index (κ2) is 6.85. The molecule has 0 saturated heterocycles. The van der Waals surface area contributed by atoms with E-state index in [1.54, 1.807) is 11.9 Å². The highest BCUT2D eigenvalue weighted by Crippen LogP contribution is 1.93. The Morgan fingerprint density at radius 2 is 2.33 bits per heavy atom. The maximum atomic E-state index is 11.1. The molecule has 3 nitrogen and oxygen atoms in total. The summed E-state index contributed by atoms with van der Waals surface area (Å²) in [6.45, 7) is 4.55. The molecule has 0 aliphatic rings. The SMILES string of the molecule is C=CCCCN(C)C(=O)COC. The average Bonchev–Trinajstić information content (AvgIpc) is 2.05. The fraction of sp³-hybridized carbons (Fsp3) is 0.667. The molecule has 0 fully saturated rings. The highest BCUT2D eigenvalue weighted by atomic mass is 16.5. The van der Waals surface area contributed by atoms with Crippen LogP contribution >= 0.6 is 0 Å². The van der Waals surface area contributed by atoms with Gasteiger partial charge in [-0.25, -0.2) is 0 Å². The Balaban J connectivity index is 3.49. The topological polar surface area (TPSA) is 29.5 Å². The molecule has 0 aliphatic heterocycles. The van der Waals surface area contributed by atoms with E-state index in [4.69, 9.17) is 4.74 Å². The molecule has 0 saturated carbocycles. The summed E-state index contributed by atoms with van der Waals surface area (Å²) in [4.78, 5) is 12.8. The Bertz CT molecular complexity index is 145. The number of hydrogen-bond donors (Lipinski definition) is 0. The summed E-state index contributed by atoms with van der Waals surface area (Å²) in [7, 11) is 3.31. The van der Waals surface area contributed by atoms with Gasteiger partial charge in [-0.05, 0) is 12.8 Å². The van der Waals surface area contributed by atoms with Crippen molar-refractivity contribution in [2.45, 2.75) is 12.8 Å².